The molecule has 0 heterocycles. The summed E-state index contributed by atoms with van der Waals surface area (Å²) in [4.78, 5) is 0. The van der Waals surface area contributed by atoms with Gasteiger partial charge in [-0.3, -0.25) is 0 Å². The molecule has 7 heteroatoms. The molecule has 0 bridgehead atoms. The van der Waals surface area contributed by atoms with Gasteiger partial charge in [-0.15, -0.1) is 10.2 Å². The van der Waals surface area contributed by atoms with Crippen molar-refractivity contribution >= 4 is 51.0 Å². The van der Waals surface area contributed by atoms with Gasteiger partial charge in [0.25, 0.3) is 0 Å². The van der Waals surface area contributed by atoms with Gasteiger partial charge in [-0.05, 0) is 110 Å². The summed E-state index contributed by atoms with van der Waals surface area (Å²) in [5, 5.41) is 43.8. The highest BCUT2D eigenvalue weighted by Gasteiger charge is 2.12. The summed E-state index contributed by atoms with van der Waals surface area (Å²) in [7, 11) is 0. The molecule has 0 radical (unpaired) electrons. The van der Waals surface area contributed by atoms with Gasteiger partial charge in [0.1, 0.15) is 17.1 Å². The lowest BCUT2D eigenvalue weighted by molar-refractivity contribution is 0.475. The second kappa shape index (κ2) is 11.4. The highest BCUT2D eigenvalue weighted by Crippen LogP contribution is 2.41. The fourth-order valence-electron chi connectivity index (χ4n) is 4.55. The number of phenols is 2. The van der Waals surface area contributed by atoms with Crippen LogP contribution in [0.15, 0.2) is 106 Å². The molecule has 0 atom stereocenters. The lowest BCUT2D eigenvalue weighted by Gasteiger charge is -2.11. The minimum atomic E-state index is -0.0868. The van der Waals surface area contributed by atoms with Crippen LogP contribution >= 0.6 is 0 Å². The molecular weight excluding hydrogens is 510 g/mol. The number of aryl methyl sites for hydroxylation is 4. The second-order valence-electron chi connectivity index (χ2n) is 10.1. The van der Waals surface area contributed by atoms with Crippen molar-refractivity contribution in [3.05, 3.63) is 113 Å². The highest BCUT2D eigenvalue weighted by atomic mass is 16.3. The van der Waals surface area contributed by atoms with E-state index in [9.17, 15) is 10.2 Å². The summed E-state index contributed by atoms with van der Waals surface area (Å²) < 4.78 is 0. The molecule has 5 rings (SSSR count). The molecule has 0 saturated heterocycles. The standard InChI is InChI=1S/C34H31N5O2/c1-6-24-9-12-28(16-21(24)3)36-37-30-19-32(40)31(17-22(30)4)38-39-33-23(5)15-25-18-27(13-14-29(25)34(33)41)35-26-10-7-20(2)8-11-26/h6-19,35,40-41H,1H2,2-5H3. The average Bonchev–Trinajstić information content (AvgIpc) is 2.95. The van der Waals surface area contributed by atoms with Gasteiger partial charge in [0.15, 0.2) is 5.75 Å². The molecule has 204 valence electrons. The molecule has 0 aliphatic heterocycles. The number of phenolic OH excluding ortho intramolecular Hbond substituents is 2. The first-order valence-corrected chi connectivity index (χ1v) is 13.2. The molecule has 0 saturated carbocycles. The van der Waals surface area contributed by atoms with E-state index in [1.54, 1.807) is 12.1 Å². The first kappa shape index (κ1) is 27.3. The molecule has 7 nitrogen and oxygen atoms in total. The molecule has 5 aromatic carbocycles. The van der Waals surface area contributed by atoms with Crippen LogP contribution in [0.25, 0.3) is 16.8 Å². The Morgan fingerprint density at radius 3 is 2.12 bits per heavy atom. The van der Waals surface area contributed by atoms with E-state index in [1.165, 1.54) is 11.6 Å². The summed E-state index contributed by atoms with van der Waals surface area (Å²) in [5.74, 6) is -0.0544. The number of aromatic hydroxyl groups is 2. The number of benzene rings is 5. The number of hydrogen-bond acceptors (Lipinski definition) is 7. The van der Waals surface area contributed by atoms with Crippen LogP contribution in [0.2, 0.25) is 0 Å². The SMILES string of the molecule is C=Cc1ccc(N=Nc2cc(O)c(N=Nc3c(C)cc4cc(Nc5ccc(C)cc5)ccc4c3O)cc2C)cc1C. The topological polar surface area (TPSA) is 102 Å². The minimum absolute atomic E-state index is 0.0324. The van der Waals surface area contributed by atoms with Crippen molar-refractivity contribution in [2.75, 3.05) is 5.32 Å². The third-order valence-corrected chi connectivity index (χ3v) is 6.91. The molecule has 0 spiro atoms. The molecule has 41 heavy (non-hydrogen) atoms. The third-order valence-electron chi connectivity index (χ3n) is 6.91. The maximum absolute atomic E-state index is 11.0. The molecule has 0 unspecified atom stereocenters. The van der Waals surface area contributed by atoms with Crippen molar-refractivity contribution in [2.45, 2.75) is 27.7 Å². The quantitative estimate of drug-likeness (QED) is 0.179. The number of azo groups is 2. The second-order valence-corrected chi connectivity index (χ2v) is 10.1. The van der Waals surface area contributed by atoms with E-state index < -0.39 is 0 Å². The lowest BCUT2D eigenvalue weighted by Crippen LogP contribution is -1.90. The van der Waals surface area contributed by atoms with E-state index in [1.807, 2.05) is 75.4 Å². The fourth-order valence-corrected chi connectivity index (χ4v) is 4.55. The Labute approximate surface area is 239 Å². The van der Waals surface area contributed by atoms with Crippen molar-refractivity contribution < 1.29 is 10.2 Å². The maximum atomic E-state index is 11.0. The van der Waals surface area contributed by atoms with Crippen LogP contribution in [0, 0.1) is 27.7 Å². The predicted octanol–water partition coefficient (Wildman–Crippen LogP) is 10.7. The predicted molar refractivity (Wildman–Crippen MR) is 167 cm³/mol. The van der Waals surface area contributed by atoms with Crippen molar-refractivity contribution in [3.8, 4) is 11.5 Å². The van der Waals surface area contributed by atoms with Gasteiger partial charge in [-0.1, -0.05) is 36.4 Å². The van der Waals surface area contributed by atoms with Crippen LogP contribution < -0.4 is 5.32 Å². The Morgan fingerprint density at radius 2 is 1.39 bits per heavy atom. The van der Waals surface area contributed by atoms with Gasteiger partial charge in [0, 0.05) is 22.8 Å². The average molecular weight is 542 g/mol. The number of rotatable bonds is 7. The molecule has 3 N–H and O–H groups in total. The number of anilines is 2. The van der Waals surface area contributed by atoms with Crippen molar-refractivity contribution in [2.24, 2.45) is 20.5 Å². The molecule has 0 aromatic heterocycles. The van der Waals surface area contributed by atoms with E-state index in [0.29, 0.717) is 22.4 Å². The number of nitrogens with one attached hydrogen (secondary N) is 1. The van der Waals surface area contributed by atoms with Gasteiger partial charge in [0.05, 0.1) is 11.4 Å². The van der Waals surface area contributed by atoms with Crippen LogP contribution in [0.5, 0.6) is 11.5 Å². The van der Waals surface area contributed by atoms with Crippen LogP contribution in [-0.4, -0.2) is 10.2 Å². The van der Waals surface area contributed by atoms with Gasteiger partial charge >= 0.3 is 0 Å². The third kappa shape index (κ3) is 5.99. The van der Waals surface area contributed by atoms with Gasteiger partial charge in [0.2, 0.25) is 0 Å². The molecule has 0 amide bonds. The Kier molecular flexibility index (Phi) is 7.61. The number of fused-ring (bicyclic) bond motifs is 1. The van der Waals surface area contributed by atoms with Crippen LogP contribution in [-0.2, 0) is 0 Å². The Morgan fingerprint density at radius 1 is 0.659 bits per heavy atom. The molecule has 0 aliphatic rings. The summed E-state index contributed by atoms with van der Waals surface area (Å²) in [6.07, 6.45) is 1.80. The minimum Gasteiger partial charge on any atom is -0.506 e. The zero-order chi connectivity index (χ0) is 29.1. The van der Waals surface area contributed by atoms with Crippen LogP contribution in [0.3, 0.4) is 0 Å². The maximum Gasteiger partial charge on any atom is 0.151 e. The zero-order valence-corrected chi connectivity index (χ0v) is 23.5. The van der Waals surface area contributed by atoms with Crippen LogP contribution in [0.1, 0.15) is 27.8 Å². The molecule has 0 fully saturated rings. The smallest absolute Gasteiger partial charge is 0.151 e. The van der Waals surface area contributed by atoms with E-state index in [2.05, 4.69) is 51.4 Å². The van der Waals surface area contributed by atoms with Gasteiger partial charge < -0.3 is 15.5 Å². The Balaban J connectivity index is 1.38. The Bertz CT molecular complexity index is 1840. The van der Waals surface area contributed by atoms with Crippen molar-refractivity contribution in [3.63, 3.8) is 0 Å². The van der Waals surface area contributed by atoms with E-state index >= 15 is 0 Å². The van der Waals surface area contributed by atoms with Crippen LogP contribution in [0.4, 0.5) is 34.1 Å². The highest BCUT2D eigenvalue weighted by molar-refractivity contribution is 5.96. The summed E-state index contributed by atoms with van der Waals surface area (Å²) in [6, 6.07) is 24.8. The molecule has 5 aromatic rings. The van der Waals surface area contributed by atoms with Crippen molar-refractivity contribution in [1.82, 2.24) is 0 Å². The molecule has 0 aliphatic carbocycles. The first-order chi connectivity index (χ1) is 19.7. The monoisotopic (exact) mass is 541 g/mol. The number of hydrogen-bond donors (Lipinski definition) is 3. The van der Waals surface area contributed by atoms with Crippen molar-refractivity contribution in [1.29, 1.82) is 0 Å². The van der Waals surface area contributed by atoms with E-state index in [0.717, 1.165) is 39.0 Å². The fraction of sp³-hybridized carbons (Fsp3) is 0.118. The largest absolute Gasteiger partial charge is 0.506 e. The summed E-state index contributed by atoms with van der Waals surface area (Å²) in [5.41, 5.74) is 8.55. The number of nitrogens with zero attached hydrogens (tertiary/aromatic N) is 4. The zero-order valence-electron chi connectivity index (χ0n) is 23.5. The lowest BCUT2D eigenvalue weighted by atomic mass is 10.0. The van der Waals surface area contributed by atoms with Gasteiger partial charge in [-0.25, -0.2) is 0 Å². The summed E-state index contributed by atoms with van der Waals surface area (Å²) >= 11 is 0. The van der Waals surface area contributed by atoms with Gasteiger partial charge in [-0.2, -0.15) is 10.2 Å². The normalized spacial score (nSPS) is 11.5. The molecular formula is C34H31N5O2. The first-order valence-electron chi connectivity index (χ1n) is 13.2. The van der Waals surface area contributed by atoms with E-state index in [-0.39, 0.29) is 17.2 Å². The van der Waals surface area contributed by atoms with E-state index in [4.69, 9.17) is 0 Å². The summed E-state index contributed by atoms with van der Waals surface area (Å²) in [6.45, 7) is 11.6. The Hall–Kier alpha value is -5.30.